The third-order valence-electron chi connectivity index (χ3n) is 6.10. The van der Waals surface area contributed by atoms with Gasteiger partial charge in [0.05, 0.1) is 38.4 Å². The molecule has 0 saturated heterocycles. The summed E-state index contributed by atoms with van der Waals surface area (Å²) in [7, 11) is -1.62. The molecule has 0 aromatic heterocycles. The number of fused-ring (bicyclic) bond motifs is 2. The summed E-state index contributed by atoms with van der Waals surface area (Å²) in [5.41, 5.74) is 3.88. The van der Waals surface area contributed by atoms with E-state index in [4.69, 9.17) is 0 Å². The molecule has 5 rings (SSSR count). The minimum Gasteiger partial charge on any atom is -0.348 e. The molecule has 0 bridgehead atoms. The first-order valence-electron chi connectivity index (χ1n) is 11.5. The van der Waals surface area contributed by atoms with Crippen LogP contribution in [-0.4, -0.2) is 16.0 Å². The molecule has 0 saturated carbocycles. The van der Waals surface area contributed by atoms with Crippen LogP contribution in [-0.2, 0) is 23.9 Å². The molecule has 1 aliphatic rings. The van der Waals surface area contributed by atoms with Crippen LogP contribution >= 0.6 is 0 Å². The lowest BCUT2D eigenvalue weighted by atomic mass is 10.1. The van der Waals surface area contributed by atoms with E-state index < -0.39 is 10.8 Å². The number of aryl methyl sites for hydroxylation is 1. The van der Waals surface area contributed by atoms with Crippen molar-refractivity contribution in [2.45, 2.75) is 29.8 Å². The Hall–Kier alpha value is -4.10. The summed E-state index contributed by atoms with van der Waals surface area (Å²) in [5.74, 6) is -1.01. The van der Waals surface area contributed by atoms with Gasteiger partial charge in [0.25, 0.3) is 11.8 Å². The largest absolute Gasteiger partial charge is 0.348 e. The van der Waals surface area contributed by atoms with Gasteiger partial charge in [-0.25, -0.2) is 8.60 Å². The van der Waals surface area contributed by atoms with Gasteiger partial charge in [0.15, 0.2) is 0 Å². The molecule has 7 heteroatoms. The second kappa shape index (κ2) is 9.87. The highest BCUT2D eigenvalue weighted by molar-refractivity contribution is 7.85. The van der Waals surface area contributed by atoms with E-state index in [1.165, 1.54) is 17.0 Å². The summed E-state index contributed by atoms with van der Waals surface area (Å²) in [6.07, 6.45) is 0. The number of anilines is 1. The van der Waals surface area contributed by atoms with Crippen molar-refractivity contribution in [1.82, 2.24) is 5.32 Å². The molecule has 1 heterocycles. The Kier molecular flexibility index (Phi) is 6.48. The predicted octanol–water partition coefficient (Wildman–Crippen LogP) is 5.39. The van der Waals surface area contributed by atoms with Crippen molar-refractivity contribution < 1.29 is 18.2 Å². The van der Waals surface area contributed by atoms with Gasteiger partial charge in [-0.15, -0.1) is 0 Å². The Bertz CT molecular complexity index is 1480. The number of hydrogen-bond acceptors (Lipinski definition) is 3. The molecule has 1 N–H and O–H groups in total. The zero-order valence-corrected chi connectivity index (χ0v) is 20.3. The summed E-state index contributed by atoms with van der Waals surface area (Å²) in [5, 5.41) is 2.91. The van der Waals surface area contributed by atoms with Crippen LogP contribution in [0.4, 0.5) is 10.1 Å². The zero-order valence-electron chi connectivity index (χ0n) is 19.5. The van der Waals surface area contributed by atoms with Crippen molar-refractivity contribution in [2.24, 2.45) is 0 Å². The highest BCUT2D eigenvalue weighted by atomic mass is 32.2. The Labute approximate surface area is 211 Å². The van der Waals surface area contributed by atoms with Gasteiger partial charge in [-0.3, -0.25) is 9.59 Å². The fourth-order valence-electron chi connectivity index (χ4n) is 4.12. The quantitative estimate of drug-likeness (QED) is 0.401. The first-order valence-corrected chi connectivity index (χ1v) is 12.6. The van der Waals surface area contributed by atoms with Gasteiger partial charge in [-0.2, -0.15) is 0 Å². The summed E-state index contributed by atoms with van der Waals surface area (Å²) in [4.78, 5) is 29.0. The Morgan fingerprint density at radius 3 is 2.33 bits per heavy atom. The summed E-state index contributed by atoms with van der Waals surface area (Å²) >= 11 is 0. The van der Waals surface area contributed by atoms with Crippen molar-refractivity contribution in [1.29, 1.82) is 0 Å². The number of nitrogens with one attached hydrogen (secondary N) is 1. The van der Waals surface area contributed by atoms with Crippen LogP contribution in [0.15, 0.2) is 101 Å². The van der Waals surface area contributed by atoms with Crippen LogP contribution in [0.25, 0.3) is 0 Å². The minimum absolute atomic E-state index is 0.131. The van der Waals surface area contributed by atoms with Crippen LogP contribution < -0.4 is 10.2 Å². The molecule has 0 radical (unpaired) electrons. The highest BCUT2D eigenvalue weighted by Gasteiger charge is 2.31. The van der Waals surface area contributed by atoms with E-state index in [9.17, 15) is 18.2 Å². The average Bonchev–Trinajstić information content (AvgIpc) is 2.98. The first kappa shape index (κ1) is 23.6. The number of hydrogen-bond donors (Lipinski definition) is 1. The topological polar surface area (TPSA) is 66.5 Å². The van der Waals surface area contributed by atoms with E-state index in [-0.39, 0.29) is 24.2 Å². The van der Waals surface area contributed by atoms with Crippen molar-refractivity contribution in [3.05, 3.63) is 125 Å². The molecule has 4 aromatic carbocycles. The van der Waals surface area contributed by atoms with Gasteiger partial charge in [0.2, 0.25) is 0 Å². The van der Waals surface area contributed by atoms with E-state index in [2.05, 4.69) is 5.32 Å². The second-order valence-electron chi connectivity index (χ2n) is 8.63. The van der Waals surface area contributed by atoms with Crippen molar-refractivity contribution in [3.63, 3.8) is 0 Å². The molecule has 0 spiro atoms. The van der Waals surface area contributed by atoms with Gasteiger partial charge in [-0.1, -0.05) is 54.1 Å². The average molecular weight is 499 g/mol. The minimum atomic E-state index is -1.62. The molecule has 0 fully saturated rings. The molecule has 0 aliphatic carbocycles. The van der Waals surface area contributed by atoms with Crippen LogP contribution in [0.1, 0.15) is 37.4 Å². The molecule has 0 unspecified atom stereocenters. The third-order valence-corrected chi connectivity index (χ3v) is 7.60. The molecule has 1 atom stereocenters. The number of rotatable bonds is 5. The first-order chi connectivity index (χ1) is 17.4. The third kappa shape index (κ3) is 4.70. The van der Waals surface area contributed by atoms with Crippen LogP contribution in [0.3, 0.4) is 0 Å². The maximum Gasteiger partial charge on any atom is 0.259 e. The number of benzene rings is 4. The van der Waals surface area contributed by atoms with Crippen LogP contribution in [0.5, 0.6) is 0 Å². The standard InChI is InChI=1S/C29H23FN2O3S/c1-19-6-8-20(9-7-19)17-31-28(33)22-12-15-27-25(16-22)32(18-21-10-13-23(30)14-11-21)29(34)24-4-2-3-5-26(24)36(27)35/h2-16H,17-18H2,1H3,(H,31,33)/t36-/m1/s1. The maximum absolute atomic E-state index is 13.7. The smallest absolute Gasteiger partial charge is 0.259 e. The zero-order chi connectivity index (χ0) is 25.2. The maximum atomic E-state index is 13.7. The van der Waals surface area contributed by atoms with Crippen LogP contribution in [0.2, 0.25) is 0 Å². The lowest BCUT2D eigenvalue weighted by Crippen LogP contribution is -2.31. The van der Waals surface area contributed by atoms with Gasteiger partial charge in [-0.05, 0) is 60.5 Å². The molecule has 180 valence electrons. The molecular formula is C29H23FN2O3S. The fourth-order valence-corrected chi connectivity index (χ4v) is 5.47. The second-order valence-corrected chi connectivity index (χ2v) is 10.1. The summed E-state index contributed by atoms with van der Waals surface area (Å²) in [6.45, 7) is 2.48. The number of carbonyl (C=O) groups is 2. The van der Waals surface area contributed by atoms with E-state index in [0.29, 0.717) is 38.7 Å². The fraction of sp³-hybridized carbons (Fsp3) is 0.103. The normalized spacial score (nSPS) is 14.6. The van der Waals surface area contributed by atoms with E-state index >= 15 is 0 Å². The van der Waals surface area contributed by atoms with Gasteiger partial charge in [0, 0.05) is 12.1 Å². The molecule has 36 heavy (non-hydrogen) atoms. The molecule has 4 aromatic rings. The SMILES string of the molecule is Cc1ccc(CNC(=O)c2ccc3c(c2)N(Cc2ccc(F)cc2)C(=O)c2ccccc2[S@]3=O)cc1. The van der Waals surface area contributed by atoms with Gasteiger partial charge in [0.1, 0.15) is 5.82 Å². The highest BCUT2D eigenvalue weighted by Crippen LogP contribution is 2.36. The van der Waals surface area contributed by atoms with Crippen molar-refractivity contribution >= 4 is 28.3 Å². The monoisotopic (exact) mass is 498 g/mol. The molecular weight excluding hydrogens is 475 g/mol. The van der Waals surface area contributed by atoms with Crippen molar-refractivity contribution in [2.75, 3.05) is 4.90 Å². The molecule has 1 aliphatic heterocycles. The summed E-state index contributed by atoms with van der Waals surface area (Å²) in [6, 6.07) is 25.4. The molecule has 5 nitrogen and oxygen atoms in total. The number of amides is 2. The lowest BCUT2D eigenvalue weighted by Gasteiger charge is -2.23. The Morgan fingerprint density at radius 1 is 0.889 bits per heavy atom. The van der Waals surface area contributed by atoms with E-state index in [1.807, 2.05) is 31.2 Å². The summed E-state index contributed by atoms with van der Waals surface area (Å²) < 4.78 is 27.0. The van der Waals surface area contributed by atoms with Gasteiger partial charge >= 0.3 is 0 Å². The van der Waals surface area contributed by atoms with E-state index in [1.54, 1.807) is 54.6 Å². The number of carbonyl (C=O) groups excluding carboxylic acids is 2. The number of nitrogens with zero attached hydrogens (tertiary/aromatic N) is 1. The lowest BCUT2D eigenvalue weighted by molar-refractivity contribution is 0.0947. The van der Waals surface area contributed by atoms with E-state index in [0.717, 1.165) is 11.1 Å². The molecule has 2 amide bonds. The van der Waals surface area contributed by atoms with Crippen molar-refractivity contribution in [3.8, 4) is 0 Å². The predicted molar refractivity (Wildman–Crippen MR) is 137 cm³/mol. The number of halogens is 1. The van der Waals surface area contributed by atoms with Crippen LogP contribution in [0, 0.1) is 12.7 Å². The Balaban J connectivity index is 1.52. The Morgan fingerprint density at radius 2 is 1.58 bits per heavy atom. The van der Waals surface area contributed by atoms with Gasteiger partial charge < -0.3 is 10.2 Å².